The van der Waals surface area contributed by atoms with Crippen molar-refractivity contribution < 1.29 is 13.5 Å². The zero-order chi connectivity index (χ0) is 13.9. The van der Waals surface area contributed by atoms with E-state index in [0.717, 1.165) is 0 Å². The second-order valence-corrected chi connectivity index (χ2v) is 5.67. The van der Waals surface area contributed by atoms with Crippen LogP contribution in [-0.4, -0.2) is 39.8 Å². The summed E-state index contributed by atoms with van der Waals surface area (Å²) in [6.45, 7) is 1.97. The SMILES string of the molecule is Cc1[nH]nc(S(=O)(=O)NCCn2ccnc2)c1CO. The first-order valence-corrected chi connectivity index (χ1v) is 7.13. The van der Waals surface area contributed by atoms with E-state index in [0.29, 0.717) is 12.2 Å². The van der Waals surface area contributed by atoms with E-state index in [1.54, 1.807) is 30.2 Å². The smallest absolute Gasteiger partial charge is 0.260 e. The van der Waals surface area contributed by atoms with Crippen molar-refractivity contribution in [3.63, 3.8) is 0 Å². The molecule has 2 aromatic heterocycles. The topological polar surface area (TPSA) is 113 Å². The lowest BCUT2D eigenvalue weighted by atomic mass is 10.3. The van der Waals surface area contributed by atoms with E-state index in [1.165, 1.54) is 0 Å². The monoisotopic (exact) mass is 285 g/mol. The summed E-state index contributed by atoms with van der Waals surface area (Å²) in [5, 5.41) is 15.3. The van der Waals surface area contributed by atoms with E-state index in [1.807, 2.05) is 0 Å². The molecule has 0 aliphatic carbocycles. The van der Waals surface area contributed by atoms with Gasteiger partial charge < -0.3 is 9.67 Å². The number of aromatic nitrogens is 4. The van der Waals surface area contributed by atoms with Crippen molar-refractivity contribution in [3.05, 3.63) is 30.0 Å². The zero-order valence-corrected chi connectivity index (χ0v) is 11.2. The van der Waals surface area contributed by atoms with Crippen LogP contribution in [0.25, 0.3) is 0 Å². The minimum absolute atomic E-state index is 0.155. The van der Waals surface area contributed by atoms with E-state index >= 15 is 0 Å². The van der Waals surface area contributed by atoms with Crippen molar-refractivity contribution in [2.24, 2.45) is 0 Å². The summed E-state index contributed by atoms with van der Waals surface area (Å²) in [6, 6.07) is 0. The van der Waals surface area contributed by atoms with Gasteiger partial charge in [0.1, 0.15) is 0 Å². The molecule has 0 atom stereocenters. The minimum Gasteiger partial charge on any atom is -0.392 e. The highest BCUT2D eigenvalue weighted by atomic mass is 32.2. The highest BCUT2D eigenvalue weighted by Crippen LogP contribution is 2.15. The lowest BCUT2D eigenvalue weighted by Crippen LogP contribution is -2.28. The molecule has 3 N–H and O–H groups in total. The zero-order valence-electron chi connectivity index (χ0n) is 10.4. The van der Waals surface area contributed by atoms with Gasteiger partial charge in [0, 0.05) is 36.7 Å². The fraction of sp³-hybridized carbons (Fsp3) is 0.400. The van der Waals surface area contributed by atoms with Gasteiger partial charge in [0.05, 0.1) is 12.9 Å². The third kappa shape index (κ3) is 3.00. The molecule has 2 heterocycles. The summed E-state index contributed by atoms with van der Waals surface area (Å²) < 4.78 is 28.2. The maximum Gasteiger partial charge on any atom is 0.260 e. The molecule has 0 aliphatic heterocycles. The van der Waals surface area contributed by atoms with Gasteiger partial charge in [0.15, 0.2) is 5.03 Å². The second-order valence-electron chi connectivity index (χ2n) is 3.99. The van der Waals surface area contributed by atoms with E-state index < -0.39 is 10.0 Å². The lowest BCUT2D eigenvalue weighted by molar-refractivity contribution is 0.277. The average molecular weight is 285 g/mol. The molecule has 0 aliphatic rings. The molecule has 8 nitrogen and oxygen atoms in total. The summed E-state index contributed by atoms with van der Waals surface area (Å²) in [6.07, 6.45) is 4.97. The van der Waals surface area contributed by atoms with Crippen LogP contribution in [0, 0.1) is 6.92 Å². The van der Waals surface area contributed by atoms with Gasteiger partial charge in [-0.1, -0.05) is 0 Å². The van der Waals surface area contributed by atoms with Gasteiger partial charge in [0.25, 0.3) is 10.0 Å². The Kier molecular flexibility index (Phi) is 3.98. The highest BCUT2D eigenvalue weighted by Gasteiger charge is 2.22. The number of aromatic amines is 1. The Balaban J connectivity index is 2.05. The Bertz CT molecular complexity index is 632. The van der Waals surface area contributed by atoms with Crippen LogP contribution in [0.2, 0.25) is 0 Å². The van der Waals surface area contributed by atoms with Crippen LogP contribution < -0.4 is 4.72 Å². The molecule has 0 bridgehead atoms. The van der Waals surface area contributed by atoms with Gasteiger partial charge >= 0.3 is 0 Å². The largest absolute Gasteiger partial charge is 0.392 e. The molecule has 0 saturated carbocycles. The maximum absolute atomic E-state index is 12.0. The molecule has 19 heavy (non-hydrogen) atoms. The third-order valence-electron chi connectivity index (χ3n) is 2.67. The number of hydrogen-bond donors (Lipinski definition) is 3. The van der Waals surface area contributed by atoms with Gasteiger partial charge in [0.2, 0.25) is 0 Å². The average Bonchev–Trinajstić information content (AvgIpc) is 2.98. The molecule has 2 aromatic rings. The summed E-state index contributed by atoms with van der Waals surface area (Å²) in [5.74, 6) is 0. The van der Waals surface area contributed by atoms with Gasteiger partial charge in [-0.15, -0.1) is 0 Å². The lowest BCUT2D eigenvalue weighted by Gasteiger charge is -2.06. The first kappa shape index (κ1) is 13.7. The van der Waals surface area contributed by atoms with Crippen LogP contribution in [0.3, 0.4) is 0 Å². The number of aliphatic hydroxyl groups excluding tert-OH is 1. The van der Waals surface area contributed by atoms with Gasteiger partial charge in [-0.3, -0.25) is 5.10 Å². The highest BCUT2D eigenvalue weighted by molar-refractivity contribution is 7.89. The summed E-state index contributed by atoms with van der Waals surface area (Å²) in [7, 11) is -3.72. The number of nitrogens with zero attached hydrogens (tertiary/aromatic N) is 3. The van der Waals surface area contributed by atoms with Crippen LogP contribution in [0.15, 0.2) is 23.7 Å². The minimum atomic E-state index is -3.72. The maximum atomic E-state index is 12.0. The molecule has 0 amide bonds. The normalized spacial score (nSPS) is 11.9. The quantitative estimate of drug-likeness (QED) is 0.655. The Morgan fingerprint density at radius 1 is 1.53 bits per heavy atom. The van der Waals surface area contributed by atoms with Crippen molar-refractivity contribution in [2.75, 3.05) is 6.54 Å². The van der Waals surface area contributed by atoms with Crippen molar-refractivity contribution in [1.29, 1.82) is 0 Å². The Hall–Kier alpha value is -1.71. The van der Waals surface area contributed by atoms with E-state index in [-0.39, 0.29) is 23.7 Å². The van der Waals surface area contributed by atoms with Crippen molar-refractivity contribution in [2.45, 2.75) is 25.1 Å². The summed E-state index contributed by atoms with van der Waals surface area (Å²) in [4.78, 5) is 3.86. The van der Waals surface area contributed by atoms with Gasteiger partial charge in [-0.05, 0) is 6.92 Å². The molecule has 2 rings (SSSR count). The molecule has 0 radical (unpaired) electrons. The first-order valence-electron chi connectivity index (χ1n) is 5.64. The number of nitrogens with one attached hydrogen (secondary N) is 2. The molecular formula is C10H15N5O3S. The fourth-order valence-corrected chi connectivity index (χ4v) is 2.84. The Labute approximate surface area is 110 Å². The van der Waals surface area contributed by atoms with Crippen LogP contribution in [0.4, 0.5) is 0 Å². The van der Waals surface area contributed by atoms with E-state index in [9.17, 15) is 8.42 Å². The van der Waals surface area contributed by atoms with Crippen LogP contribution in [0.5, 0.6) is 0 Å². The van der Waals surface area contributed by atoms with Crippen LogP contribution in [-0.2, 0) is 23.2 Å². The number of H-pyrrole nitrogens is 1. The van der Waals surface area contributed by atoms with Crippen molar-refractivity contribution >= 4 is 10.0 Å². The molecule has 9 heteroatoms. The van der Waals surface area contributed by atoms with Gasteiger partial charge in [-0.25, -0.2) is 18.1 Å². The number of imidazole rings is 1. The summed E-state index contributed by atoms with van der Waals surface area (Å²) in [5.41, 5.74) is 0.826. The number of sulfonamides is 1. The third-order valence-corrected chi connectivity index (χ3v) is 4.10. The molecule has 104 valence electrons. The summed E-state index contributed by atoms with van der Waals surface area (Å²) >= 11 is 0. The number of aliphatic hydroxyl groups is 1. The molecule has 0 fully saturated rings. The van der Waals surface area contributed by atoms with Crippen molar-refractivity contribution in [1.82, 2.24) is 24.5 Å². The number of hydrogen-bond acceptors (Lipinski definition) is 5. The second kappa shape index (κ2) is 5.51. The first-order chi connectivity index (χ1) is 9.04. The molecule has 0 spiro atoms. The molecule has 0 saturated heterocycles. The van der Waals surface area contributed by atoms with Crippen LogP contribution in [0.1, 0.15) is 11.3 Å². The van der Waals surface area contributed by atoms with E-state index in [2.05, 4.69) is 19.9 Å². The van der Waals surface area contributed by atoms with Crippen LogP contribution >= 0.6 is 0 Å². The number of aryl methyl sites for hydroxylation is 1. The molecule has 0 unspecified atom stereocenters. The number of rotatable bonds is 6. The Morgan fingerprint density at radius 2 is 2.32 bits per heavy atom. The predicted molar refractivity (Wildman–Crippen MR) is 66.7 cm³/mol. The standard InChI is InChI=1S/C10H15N5O3S/c1-8-9(6-16)10(14-13-8)19(17,18)12-3-5-15-4-2-11-7-15/h2,4,7,12,16H,3,5-6H2,1H3,(H,13,14). The fourth-order valence-electron chi connectivity index (χ4n) is 1.63. The predicted octanol–water partition coefficient (Wildman–Crippen LogP) is -0.615. The van der Waals surface area contributed by atoms with E-state index in [4.69, 9.17) is 5.11 Å². The van der Waals surface area contributed by atoms with Crippen molar-refractivity contribution in [3.8, 4) is 0 Å². The molecule has 0 aromatic carbocycles. The van der Waals surface area contributed by atoms with Gasteiger partial charge in [-0.2, -0.15) is 5.10 Å². The molecular weight excluding hydrogens is 270 g/mol. The Morgan fingerprint density at radius 3 is 2.95 bits per heavy atom.